The second-order valence-corrected chi connectivity index (χ2v) is 5.60. The van der Waals surface area contributed by atoms with Crippen LogP contribution in [0.1, 0.15) is 47.7 Å². The highest BCUT2D eigenvalue weighted by Gasteiger charge is 2.33. The average Bonchev–Trinajstić information content (AvgIpc) is 2.87. The summed E-state index contributed by atoms with van der Waals surface area (Å²) in [6.45, 7) is 2.27. The summed E-state index contributed by atoms with van der Waals surface area (Å²) in [4.78, 5) is 29.1. The molecule has 1 aromatic heterocycles. The summed E-state index contributed by atoms with van der Waals surface area (Å²) in [7, 11) is 0. The molecule has 0 spiro atoms. The van der Waals surface area contributed by atoms with E-state index in [1.165, 1.54) is 16.2 Å². The lowest BCUT2D eigenvalue weighted by Crippen LogP contribution is -2.48. The number of nitrogens with two attached hydrogens (primary N) is 1. The predicted octanol–water partition coefficient (Wildman–Crippen LogP) is 1.24. The third-order valence-electron chi connectivity index (χ3n) is 3.18. The Morgan fingerprint density at radius 3 is 2.89 bits per heavy atom. The molecule has 1 aliphatic heterocycles. The van der Waals surface area contributed by atoms with Gasteiger partial charge in [0, 0.05) is 11.9 Å². The van der Waals surface area contributed by atoms with Gasteiger partial charge in [-0.2, -0.15) is 0 Å². The average molecular weight is 283 g/mol. The normalized spacial score (nSPS) is 21.2. The van der Waals surface area contributed by atoms with Crippen molar-refractivity contribution in [1.82, 2.24) is 9.88 Å². The third kappa shape index (κ3) is 2.93. The van der Waals surface area contributed by atoms with Crippen molar-refractivity contribution in [2.75, 3.05) is 6.54 Å². The number of rotatable bonds is 3. The van der Waals surface area contributed by atoms with Crippen molar-refractivity contribution in [3.63, 3.8) is 0 Å². The van der Waals surface area contributed by atoms with Crippen LogP contribution in [0.4, 0.5) is 0 Å². The van der Waals surface area contributed by atoms with E-state index in [9.17, 15) is 9.59 Å². The van der Waals surface area contributed by atoms with Gasteiger partial charge in [0.2, 0.25) is 0 Å². The number of carboxylic acid groups (broad SMARTS) is 1. The summed E-state index contributed by atoms with van der Waals surface area (Å²) in [6.07, 6.45) is 2.17. The lowest BCUT2D eigenvalue weighted by Gasteiger charge is -2.32. The topological polar surface area (TPSA) is 96.5 Å². The molecule has 0 radical (unpaired) electrons. The molecule has 3 N–H and O–H groups in total. The molecule has 6 nitrogen and oxygen atoms in total. The summed E-state index contributed by atoms with van der Waals surface area (Å²) in [5.74, 6) is -1.26. The predicted molar refractivity (Wildman–Crippen MR) is 71.0 cm³/mol. The Balaban J connectivity index is 2.18. The number of carbonyl (C=O) groups is 2. The monoisotopic (exact) mass is 283 g/mol. The van der Waals surface area contributed by atoms with Gasteiger partial charge in [-0.3, -0.25) is 4.79 Å². The van der Waals surface area contributed by atoms with E-state index in [1.54, 1.807) is 12.3 Å². The Morgan fingerprint density at radius 2 is 2.32 bits per heavy atom. The fourth-order valence-corrected chi connectivity index (χ4v) is 2.93. The van der Waals surface area contributed by atoms with Crippen LogP contribution in [0.5, 0.6) is 0 Å². The molecule has 0 aliphatic carbocycles. The standard InChI is InChI=1S/C12H17N3O3S/c1-7(13)10-14-8(6-19-10)11(16)15-5-3-2-4-9(15)12(17)18/h6-7,9H,2-5,13H2,1H3,(H,17,18)/t7?,9-/m0/s1. The van der Waals surface area contributed by atoms with Crippen molar-refractivity contribution < 1.29 is 14.7 Å². The molecule has 1 aromatic rings. The molecule has 1 saturated heterocycles. The van der Waals surface area contributed by atoms with Gasteiger partial charge in [-0.1, -0.05) is 0 Å². The highest BCUT2D eigenvalue weighted by atomic mass is 32.1. The summed E-state index contributed by atoms with van der Waals surface area (Å²) >= 11 is 1.33. The van der Waals surface area contributed by atoms with Gasteiger partial charge >= 0.3 is 5.97 Å². The minimum Gasteiger partial charge on any atom is -0.480 e. The number of hydrogen-bond acceptors (Lipinski definition) is 5. The molecule has 1 unspecified atom stereocenters. The molecule has 7 heteroatoms. The summed E-state index contributed by atoms with van der Waals surface area (Å²) in [5, 5.41) is 11.5. The second-order valence-electron chi connectivity index (χ2n) is 4.71. The summed E-state index contributed by atoms with van der Waals surface area (Å²) in [5.41, 5.74) is 6.01. The van der Waals surface area contributed by atoms with Gasteiger partial charge in [0.25, 0.3) is 5.91 Å². The molecule has 2 heterocycles. The van der Waals surface area contributed by atoms with Crippen LogP contribution in [0.2, 0.25) is 0 Å². The van der Waals surface area contributed by atoms with Gasteiger partial charge in [-0.25, -0.2) is 9.78 Å². The van der Waals surface area contributed by atoms with E-state index in [2.05, 4.69) is 4.98 Å². The molecular formula is C12H17N3O3S. The number of carbonyl (C=O) groups excluding carboxylic acids is 1. The lowest BCUT2D eigenvalue weighted by molar-refractivity contribution is -0.143. The number of thiazole rings is 1. The SMILES string of the molecule is CC(N)c1nc(C(=O)N2CCCC[C@H]2C(=O)O)cs1. The van der Waals surface area contributed by atoms with Gasteiger partial charge in [0.1, 0.15) is 16.7 Å². The van der Waals surface area contributed by atoms with Crippen molar-refractivity contribution in [3.8, 4) is 0 Å². The van der Waals surface area contributed by atoms with E-state index >= 15 is 0 Å². The fourth-order valence-electron chi connectivity index (χ4n) is 2.17. The van der Waals surface area contributed by atoms with Gasteiger partial charge in [-0.15, -0.1) is 11.3 Å². The van der Waals surface area contributed by atoms with Gasteiger partial charge < -0.3 is 15.7 Å². The maximum absolute atomic E-state index is 12.3. The number of piperidine rings is 1. The lowest BCUT2D eigenvalue weighted by atomic mass is 10.0. The van der Waals surface area contributed by atoms with Crippen molar-refractivity contribution in [2.24, 2.45) is 5.73 Å². The Hall–Kier alpha value is -1.47. The molecular weight excluding hydrogens is 266 g/mol. The third-order valence-corrected chi connectivity index (χ3v) is 4.22. The van der Waals surface area contributed by atoms with E-state index in [0.29, 0.717) is 23.7 Å². The molecule has 0 bridgehead atoms. The molecule has 104 valence electrons. The Bertz CT molecular complexity index is 486. The van der Waals surface area contributed by atoms with Crippen molar-refractivity contribution in [1.29, 1.82) is 0 Å². The number of hydrogen-bond donors (Lipinski definition) is 2. The Morgan fingerprint density at radius 1 is 1.58 bits per heavy atom. The van der Waals surface area contributed by atoms with Crippen LogP contribution < -0.4 is 5.73 Å². The zero-order valence-corrected chi connectivity index (χ0v) is 11.5. The van der Waals surface area contributed by atoms with Crippen molar-refractivity contribution in [3.05, 3.63) is 16.1 Å². The van der Waals surface area contributed by atoms with Gasteiger partial charge in [-0.05, 0) is 26.2 Å². The molecule has 0 saturated carbocycles. The minimum absolute atomic E-state index is 0.219. The zero-order valence-electron chi connectivity index (χ0n) is 10.7. The molecule has 1 amide bonds. The Kier molecular flexibility index (Phi) is 4.16. The maximum Gasteiger partial charge on any atom is 0.326 e. The molecule has 2 rings (SSSR count). The van der Waals surface area contributed by atoms with Crippen LogP contribution in [0.25, 0.3) is 0 Å². The van der Waals surface area contributed by atoms with E-state index in [1.807, 2.05) is 0 Å². The first-order chi connectivity index (χ1) is 9.00. The first kappa shape index (κ1) is 14.0. The van der Waals surface area contributed by atoms with Crippen LogP contribution in [0.3, 0.4) is 0 Å². The number of aromatic nitrogens is 1. The summed E-state index contributed by atoms with van der Waals surface area (Å²) in [6, 6.07) is -0.954. The van der Waals surface area contributed by atoms with Crippen molar-refractivity contribution in [2.45, 2.75) is 38.3 Å². The number of nitrogens with zero attached hydrogens (tertiary/aromatic N) is 2. The second kappa shape index (κ2) is 5.66. The molecule has 0 aromatic carbocycles. The number of aliphatic carboxylic acids is 1. The number of carboxylic acids is 1. The van der Waals surface area contributed by atoms with Gasteiger partial charge in [0.05, 0.1) is 6.04 Å². The van der Waals surface area contributed by atoms with E-state index in [4.69, 9.17) is 10.8 Å². The van der Waals surface area contributed by atoms with Crippen LogP contribution in [-0.2, 0) is 4.79 Å². The van der Waals surface area contributed by atoms with Gasteiger partial charge in [0.15, 0.2) is 0 Å². The molecule has 1 aliphatic rings. The van der Waals surface area contributed by atoms with Crippen LogP contribution in [0.15, 0.2) is 5.38 Å². The first-order valence-corrected chi connectivity index (χ1v) is 7.13. The number of likely N-dealkylation sites (tertiary alicyclic amines) is 1. The van der Waals surface area contributed by atoms with Crippen LogP contribution in [-0.4, -0.2) is 39.5 Å². The molecule has 19 heavy (non-hydrogen) atoms. The highest BCUT2D eigenvalue weighted by Crippen LogP contribution is 2.22. The molecule has 1 fully saturated rings. The van der Waals surface area contributed by atoms with E-state index in [0.717, 1.165) is 12.8 Å². The van der Waals surface area contributed by atoms with Crippen LogP contribution in [0, 0.1) is 0 Å². The maximum atomic E-state index is 12.3. The Labute approximate surface area is 115 Å². The summed E-state index contributed by atoms with van der Waals surface area (Å²) < 4.78 is 0. The minimum atomic E-state index is -0.948. The highest BCUT2D eigenvalue weighted by molar-refractivity contribution is 7.09. The number of amides is 1. The first-order valence-electron chi connectivity index (χ1n) is 6.25. The zero-order chi connectivity index (χ0) is 14.0. The largest absolute Gasteiger partial charge is 0.480 e. The quantitative estimate of drug-likeness (QED) is 0.870. The van der Waals surface area contributed by atoms with Crippen molar-refractivity contribution >= 4 is 23.2 Å². The smallest absolute Gasteiger partial charge is 0.326 e. The van der Waals surface area contributed by atoms with Crippen LogP contribution >= 0.6 is 11.3 Å². The van der Waals surface area contributed by atoms with E-state index in [-0.39, 0.29) is 11.9 Å². The fraction of sp³-hybridized carbons (Fsp3) is 0.583. The molecule has 2 atom stereocenters. The van der Waals surface area contributed by atoms with E-state index < -0.39 is 12.0 Å².